The summed E-state index contributed by atoms with van der Waals surface area (Å²) in [6, 6.07) is 17.1. The summed E-state index contributed by atoms with van der Waals surface area (Å²) < 4.78 is 11.1. The molecular weight excluding hydrogens is 266 g/mol. The van der Waals surface area contributed by atoms with Gasteiger partial charge in [-0.25, -0.2) is 9.97 Å². The Kier molecular flexibility index (Phi) is 3.82. The standard InChI is InChI=1S/C16H15N3O2/c17-15-16(19-14-9-5-4-8-13(14)18-15)21-11-10-20-12-6-2-1-3-7-12/h1-9H,10-11H2,(H2,17,18). The van der Waals surface area contributed by atoms with Crippen LogP contribution in [0.25, 0.3) is 11.0 Å². The number of benzene rings is 2. The maximum Gasteiger partial charge on any atom is 0.257 e. The van der Waals surface area contributed by atoms with Gasteiger partial charge in [-0.15, -0.1) is 0 Å². The van der Waals surface area contributed by atoms with Crippen molar-refractivity contribution in [3.63, 3.8) is 0 Å². The van der Waals surface area contributed by atoms with Gasteiger partial charge in [0.25, 0.3) is 5.88 Å². The molecule has 3 rings (SSSR count). The van der Waals surface area contributed by atoms with E-state index >= 15 is 0 Å². The molecule has 1 heterocycles. The van der Waals surface area contributed by atoms with Gasteiger partial charge in [-0.2, -0.15) is 0 Å². The maximum atomic E-state index is 5.84. The Morgan fingerprint density at radius 1 is 0.762 bits per heavy atom. The molecular formula is C16H15N3O2. The van der Waals surface area contributed by atoms with Crippen LogP contribution >= 0.6 is 0 Å². The average molecular weight is 281 g/mol. The summed E-state index contributed by atoms with van der Waals surface area (Å²) in [5.41, 5.74) is 7.35. The lowest BCUT2D eigenvalue weighted by molar-refractivity contribution is 0.213. The minimum atomic E-state index is 0.286. The molecule has 0 unspecified atom stereocenters. The number of ether oxygens (including phenoxy) is 2. The van der Waals surface area contributed by atoms with Crippen LogP contribution in [0.3, 0.4) is 0 Å². The number of nitrogens with two attached hydrogens (primary N) is 1. The van der Waals surface area contributed by atoms with Crippen LogP contribution < -0.4 is 15.2 Å². The number of fused-ring (bicyclic) bond motifs is 1. The van der Waals surface area contributed by atoms with Gasteiger partial charge >= 0.3 is 0 Å². The van der Waals surface area contributed by atoms with Crippen LogP contribution in [0.15, 0.2) is 54.6 Å². The zero-order valence-corrected chi connectivity index (χ0v) is 11.4. The molecule has 0 saturated heterocycles. The van der Waals surface area contributed by atoms with E-state index in [9.17, 15) is 0 Å². The third-order valence-electron chi connectivity index (χ3n) is 2.90. The maximum absolute atomic E-state index is 5.84. The van der Waals surface area contributed by atoms with Crippen LogP contribution in [-0.2, 0) is 0 Å². The molecule has 0 aliphatic carbocycles. The summed E-state index contributed by atoms with van der Waals surface area (Å²) in [4.78, 5) is 8.62. The van der Waals surface area contributed by atoms with Crippen molar-refractivity contribution in [2.75, 3.05) is 18.9 Å². The van der Waals surface area contributed by atoms with Gasteiger partial charge in [-0.3, -0.25) is 0 Å². The third-order valence-corrected chi connectivity index (χ3v) is 2.90. The zero-order chi connectivity index (χ0) is 14.5. The molecule has 0 atom stereocenters. The number of aromatic nitrogens is 2. The van der Waals surface area contributed by atoms with Crippen LogP contribution in [0.5, 0.6) is 11.6 Å². The molecule has 2 N–H and O–H groups in total. The second-order valence-corrected chi connectivity index (χ2v) is 4.41. The van der Waals surface area contributed by atoms with Crippen molar-refractivity contribution in [1.82, 2.24) is 9.97 Å². The second kappa shape index (κ2) is 6.09. The van der Waals surface area contributed by atoms with Crippen LogP contribution in [0, 0.1) is 0 Å². The Morgan fingerprint density at radius 2 is 1.38 bits per heavy atom. The lowest BCUT2D eigenvalue weighted by Crippen LogP contribution is -2.11. The smallest absolute Gasteiger partial charge is 0.257 e. The van der Waals surface area contributed by atoms with Crippen LogP contribution in [0.2, 0.25) is 0 Å². The quantitative estimate of drug-likeness (QED) is 0.728. The van der Waals surface area contributed by atoms with Gasteiger partial charge in [0, 0.05) is 0 Å². The van der Waals surface area contributed by atoms with Gasteiger partial charge in [-0.1, -0.05) is 30.3 Å². The summed E-state index contributed by atoms with van der Waals surface area (Å²) in [5, 5.41) is 0. The summed E-state index contributed by atoms with van der Waals surface area (Å²) in [6.07, 6.45) is 0. The van der Waals surface area contributed by atoms with E-state index in [1.165, 1.54) is 0 Å². The summed E-state index contributed by atoms with van der Waals surface area (Å²) in [6.45, 7) is 0.768. The Bertz CT molecular complexity index is 732. The van der Waals surface area contributed by atoms with Gasteiger partial charge in [0.15, 0.2) is 5.82 Å². The summed E-state index contributed by atoms with van der Waals surface area (Å²) in [5.74, 6) is 1.43. The summed E-state index contributed by atoms with van der Waals surface area (Å²) in [7, 11) is 0. The highest BCUT2D eigenvalue weighted by Gasteiger charge is 2.06. The SMILES string of the molecule is Nc1nc2ccccc2nc1OCCOc1ccccc1. The van der Waals surface area contributed by atoms with Crippen molar-refractivity contribution in [3.8, 4) is 11.6 Å². The number of para-hydroxylation sites is 3. The number of nitrogens with zero attached hydrogens (tertiary/aromatic N) is 2. The number of anilines is 1. The van der Waals surface area contributed by atoms with Crippen molar-refractivity contribution >= 4 is 16.9 Å². The van der Waals surface area contributed by atoms with E-state index in [2.05, 4.69) is 9.97 Å². The fourth-order valence-electron chi connectivity index (χ4n) is 1.92. The second-order valence-electron chi connectivity index (χ2n) is 4.41. The highest BCUT2D eigenvalue weighted by molar-refractivity contribution is 5.76. The number of hydrogen-bond acceptors (Lipinski definition) is 5. The van der Waals surface area contributed by atoms with E-state index in [4.69, 9.17) is 15.2 Å². The first kappa shape index (κ1) is 13.2. The van der Waals surface area contributed by atoms with E-state index < -0.39 is 0 Å². The molecule has 106 valence electrons. The molecule has 3 aromatic rings. The predicted molar refractivity (Wildman–Crippen MR) is 81.4 cm³/mol. The third kappa shape index (κ3) is 3.20. The van der Waals surface area contributed by atoms with E-state index in [0.29, 0.717) is 19.1 Å². The Morgan fingerprint density at radius 3 is 2.14 bits per heavy atom. The fraction of sp³-hybridized carbons (Fsp3) is 0.125. The van der Waals surface area contributed by atoms with Gasteiger partial charge in [0.05, 0.1) is 11.0 Å². The Balaban J connectivity index is 1.61. The molecule has 0 bridgehead atoms. The van der Waals surface area contributed by atoms with Gasteiger partial charge in [0.2, 0.25) is 0 Å². The van der Waals surface area contributed by atoms with E-state index in [0.717, 1.165) is 16.8 Å². The Hall–Kier alpha value is -2.82. The van der Waals surface area contributed by atoms with E-state index in [1.807, 2.05) is 54.6 Å². The van der Waals surface area contributed by atoms with E-state index in [1.54, 1.807) is 0 Å². The molecule has 1 aromatic heterocycles. The lowest BCUT2D eigenvalue weighted by atomic mass is 10.3. The lowest BCUT2D eigenvalue weighted by Gasteiger charge is -2.09. The number of rotatable bonds is 5. The summed E-state index contributed by atoms with van der Waals surface area (Å²) >= 11 is 0. The molecule has 0 saturated carbocycles. The molecule has 0 aliphatic rings. The first-order valence-corrected chi connectivity index (χ1v) is 6.66. The Labute approximate surface area is 122 Å². The van der Waals surface area contributed by atoms with Gasteiger partial charge < -0.3 is 15.2 Å². The molecule has 0 spiro atoms. The number of hydrogen-bond donors (Lipinski definition) is 1. The van der Waals surface area contributed by atoms with Crippen molar-refractivity contribution in [2.45, 2.75) is 0 Å². The first-order chi connectivity index (χ1) is 10.3. The predicted octanol–water partition coefficient (Wildman–Crippen LogP) is 2.67. The number of nitrogen functional groups attached to an aromatic ring is 1. The molecule has 0 radical (unpaired) electrons. The van der Waals surface area contributed by atoms with Gasteiger partial charge in [-0.05, 0) is 24.3 Å². The first-order valence-electron chi connectivity index (χ1n) is 6.66. The molecule has 5 heteroatoms. The van der Waals surface area contributed by atoms with Crippen molar-refractivity contribution in [3.05, 3.63) is 54.6 Å². The van der Waals surface area contributed by atoms with E-state index in [-0.39, 0.29) is 5.82 Å². The average Bonchev–Trinajstić information content (AvgIpc) is 2.53. The molecule has 2 aromatic carbocycles. The van der Waals surface area contributed by atoms with Crippen molar-refractivity contribution in [1.29, 1.82) is 0 Å². The highest BCUT2D eigenvalue weighted by atomic mass is 16.5. The minimum Gasteiger partial charge on any atom is -0.490 e. The molecule has 0 amide bonds. The van der Waals surface area contributed by atoms with Crippen molar-refractivity contribution in [2.24, 2.45) is 0 Å². The van der Waals surface area contributed by atoms with Crippen molar-refractivity contribution < 1.29 is 9.47 Å². The zero-order valence-electron chi connectivity index (χ0n) is 11.4. The molecule has 5 nitrogen and oxygen atoms in total. The molecule has 0 aliphatic heterocycles. The van der Waals surface area contributed by atoms with Gasteiger partial charge in [0.1, 0.15) is 19.0 Å². The topological polar surface area (TPSA) is 70.3 Å². The largest absolute Gasteiger partial charge is 0.490 e. The molecule has 21 heavy (non-hydrogen) atoms. The molecule has 0 fully saturated rings. The normalized spacial score (nSPS) is 10.5. The van der Waals surface area contributed by atoms with Crippen LogP contribution in [0.1, 0.15) is 0 Å². The highest BCUT2D eigenvalue weighted by Crippen LogP contribution is 2.20. The van der Waals surface area contributed by atoms with Crippen LogP contribution in [0.4, 0.5) is 5.82 Å². The monoisotopic (exact) mass is 281 g/mol. The fourth-order valence-corrected chi connectivity index (χ4v) is 1.92. The minimum absolute atomic E-state index is 0.286. The van der Waals surface area contributed by atoms with Crippen LogP contribution in [-0.4, -0.2) is 23.2 Å².